The Morgan fingerprint density at radius 1 is 1.45 bits per heavy atom. The predicted octanol–water partition coefficient (Wildman–Crippen LogP) is 0.282. The normalized spacial score (nSPS) is 20.2. The molecule has 2 unspecified atom stereocenters. The molecule has 1 aromatic rings. The lowest BCUT2D eigenvalue weighted by Gasteiger charge is -2.33. The molecule has 0 radical (unpaired) electrons. The first kappa shape index (κ1) is 14.2. The Bertz CT molecular complexity index is 480. The van der Waals surface area contributed by atoms with Gasteiger partial charge in [-0.15, -0.1) is 0 Å². The molecule has 0 aromatic carbocycles. The Morgan fingerprint density at radius 2 is 2.15 bits per heavy atom. The average Bonchev–Trinajstić information content (AvgIpc) is 2.47. The summed E-state index contributed by atoms with van der Waals surface area (Å²) in [5, 5.41) is 11.6. The van der Waals surface area contributed by atoms with E-state index in [0.29, 0.717) is 12.5 Å². The van der Waals surface area contributed by atoms with Crippen LogP contribution in [-0.2, 0) is 9.59 Å². The SMILES string of the molecule is CC(C(=O)O)C(=O)NC1CCCN(c2ncccn2)C1. The van der Waals surface area contributed by atoms with Crippen LogP contribution < -0.4 is 10.2 Å². The zero-order valence-electron chi connectivity index (χ0n) is 11.3. The van der Waals surface area contributed by atoms with Crippen LogP contribution in [0.3, 0.4) is 0 Å². The smallest absolute Gasteiger partial charge is 0.315 e. The van der Waals surface area contributed by atoms with Crippen molar-refractivity contribution in [2.24, 2.45) is 5.92 Å². The largest absolute Gasteiger partial charge is 0.481 e. The van der Waals surface area contributed by atoms with E-state index in [0.717, 1.165) is 19.4 Å². The number of amides is 1. The van der Waals surface area contributed by atoms with Gasteiger partial charge in [-0.05, 0) is 25.8 Å². The van der Waals surface area contributed by atoms with Gasteiger partial charge in [0.15, 0.2) is 0 Å². The Kier molecular flexibility index (Phi) is 4.49. The van der Waals surface area contributed by atoms with Gasteiger partial charge >= 0.3 is 5.97 Å². The molecule has 7 heteroatoms. The van der Waals surface area contributed by atoms with Gasteiger partial charge in [0.25, 0.3) is 0 Å². The minimum absolute atomic E-state index is 0.0677. The van der Waals surface area contributed by atoms with Gasteiger partial charge in [-0.3, -0.25) is 9.59 Å². The minimum atomic E-state index is -1.11. The van der Waals surface area contributed by atoms with Gasteiger partial charge < -0.3 is 15.3 Å². The summed E-state index contributed by atoms with van der Waals surface area (Å²) in [5.41, 5.74) is 0. The van der Waals surface area contributed by atoms with Gasteiger partial charge in [-0.25, -0.2) is 9.97 Å². The Labute approximate surface area is 117 Å². The molecule has 2 atom stereocenters. The number of aliphatic carboxylic acids is 1. The molecule has 1 saturated heterocycles. The van der Waals surface area contributed by atoms with Gasteiger partial charge in [0.1, 0.15) is 5.92 Å². The highest BCUT2D eigenvalue weighted by Crippen LogP contribution is 2.15. The van der Waals surface area contributed by atoms with Crippen LogP contribution in [0.4, 0.5) is 5.95 Å². The summed E-state index contributed by atoms with van der Waals surface area (Å²) in [5.74, 6) is -1.95. The van der Waals surface area contributed by atoms with Crippen molar-refractivity contribution in [2.75, 3.05) is 18.0 Å². The number of nitrogens with zero attached hydrogens (tertiary/aromatic N) is 3. The van der Waals surface area contributed by atoms with Crippen LogP contribution in [0.25, 0.3) is 0 Å². The molecule has 0 aliphatic carbocycles. The zero-order valence-corrected chi connectivity index (χ0v) is 11.3. The van der Waals surface area contributed by atoms with Crippen molar-refractivity contribution in [3.63, 3.8) is 0 Å². The highest BCUT2D eigenvalue weighted by Gasteiger charge is 2.27. The summed E-state index contributed by atoms with van der Waals surface area (Å²) < 4.78 is 0. The second-order valence-corrected chi connectivity index (χ2v) is 4.90. The molecule has 1 aromatic heterocycles. The lowest BCUT2D eigenvalue weighted by molar-refractivity contribution is -0.146. The highest BCUT2D eigenvalue weighted by molar-refractivity contribution is 5.96. The number of anilines is 1. The number of carbonyl (C=O) groups excluding carboxylic acids is 1. The fourth-order valence-electron chi connectivity index (χ4n) is 2.17. The van der Waals surface area contributed by atoms with E-state index >= 15 is 0 Å². The lowest BCUT2D eigenvalue weighted by Crippen LogP contribution is -2.50. The number of carboxylic acid groups (broad SMARTS) is 1. The Balaban J connectivity index is 1.94. The standard InChI is InChI=1S/C13H18N4O3/c1-9(12(19)20)11(18)16-10-4-2-7-17(8-10)13-14-5-3-6-15-13/h3,5-6,9-10H,2,4,7-8H2,1H3,(H,16,18)(H,19,20). The molecule has 0 bridgehead atoms. The second kappa shape index (κ2) is 6.31. The number of carboxylic acids is 1. The van der Waals surface area contributed by atoms with Crippen molar-refractivity contribution in [1.29, 1.82) is 0 Å². The van der Waals surface area contributed by atoms with Crippen LogP contribution in [0.15, 0.2) is 18.5 Å². The third-order valence-electron chi connectivity index (χ3n) is 3.37. The number of carbonyl (C=O) groups is 2. The average molecular weight is 278 g/mol. The minimum Gasteiger partial charge on any atom is -0.481 e. The van der Waals surface area contributed by atoms with Crippen LogP contribution in [0.2, 0.25) is 0 Å². The molecule has 2 rings (SSSR count). The van der Waals surface area contributed by atoms with Crippen LogP contribution in [0.1, 0.15) is 19.8 Å². The molecule has 1 aliphatic rings. The van der Waals surface area contributed by atoms with E-state index in [4.69, 9.17) is 5.11 Å². The number of piperidine rings is 1. The molecule has 1 amide bonds. The van der Waals surface area contributed by atoms with Crippen molar-refractivity contribution in [1.82, 2.24) is 15.3 Å². The monoisotopic (exact) mass is 278 g/mol. The number of aromatic nitrogens is 2. The number of hydrogen-bond acceptors (Lipinski definition) is 5. The second-order valence-electron chi connectivity index (χ2n) is 4.90. The number of nitrogens with one attached hydrogen (secondary N) is 1. The van der Waals surface area contributed by atoms with E-state index in [1.54, 1.807) is 18.5 Å². The predicted molar refractivity (Wildman–Crippen MR) is 72.2 cm³/mol. The molecule has 7 nitrogen and oxygen atoms in total. The van der Waals surface area contributed by atoms with Gasteiger partial charge in [-0.2, -0.15) is 0 Å². The molecule has 108 valence electrons. The van der Waals surface area contributed by atoms with E-state index in [1.165, 1.54) is 6.92 Å². The molecule has 20 heavy (non-hydrogen) atoms. The molecule has 1 aliphatic heterocycles. The maximum Gasteiger partial charge on any atom is 0.315 e. The summed E-state index contributed by atoms with van der Waals surface area (Å²) in [6.07, 6.45) is 5.10. The fourth-order valence-corrected chi connectivity index (χ4v) is 2.17. The first-order valence-electron chi connectivity index (χ1n) is 6.63. The molecule has 2 N–H and O–H groups in total. The lowest BCUT2D eigenvalue weighted by atomic mass is 10.0. The molecule has 2 heterocycles. The third-order valence-corrected chi connectivity index (χ3v) is 3.37. The highest BCUT2D eigenvalue weighted by atomic mass is 16.4. The van der Waals surface area contributed by atoms with Gasteiger partial charge in [0, 0.05) is 31.5 Å². The van der Waals surface area contributed by atoms with Crippen molar-refractivity contribution in [3.8, 4) is 0 Å². The topological polar surface area (TPSA) is 95.4 Å². The third kappa shape index (κ3) is 3.43. The summed E-state index contributed by atoms with van der Waals surface area (Å²) in [4.78, 5) is 32.9. The van der Waals surface area contributed by atoms with Crippen molar-refractivity contribution in [2.45, 2.75) is 25.8 Å². The molecular formula is C13H18N4O3. The summed E-state index contributed by atoms with van der Waals surface area (Å²) in [6.45, 7) is 2.82. The van der Waals surface area contributed by atoms with Crippen molar-refractivity contribution >= 4 is 17.8 Å². The summed E-state index contributed by atoms with van der Waals surface area (Å²) in [7, 11) is 0. The van der Waals surface area contributed by atoms with Crippen LogP contribution in [0.5, 0.6) is 0 Å². The quantitative estimate of drug-likeness (QED) is 0.768. The van der Waals surface area contributed by atoms with E-state index in [1.807, 2.05) is 4.90 Å². The Hall–Kier alpha value is -2.18. The number of rotatable bonds is 4. The van der Waals surface area contributed by atoms with Gasteiger partial charge in [0.05, 0.1) is 0 Å². The van der Waals surface area contributed by atoms with Crippen LogP contribution in [0, 0.1) is 5.92 Å². The van der Waals surface area contributed by atoms with Gasteiger partial charge in [0.2, 0.25) is 11.9 Å². The summed E-state index contributed by atoms with van der Waals surface area (Å²) in [6, 6.07) is 1.68. The molecule has 1 fully saturated rings. The molecule has 0 saturated carbocycles. The number of hydrogen-bond donors (Lipinski definition) is 2. The zero-order chi connectivity index (χ0) is 14.5. The van der Waals surface area contributed by atoms with E-state index in [-0.39, 0.29) is 6.04 Å². The Morgan fingerprint density at radius 3 is 2.80 bits per heavy atom. The van der Waals surface area contributed by atoms with Crippen molar-refractivity contribution in [3.05, 3.63) is 18.5 Å². The maximum absolute atomic E-state index is 11.8. The van der Waals surface area contributed by atoms with E-state index in [9.17, 15) is 9.59 Å². The maximum atomic E-state index is 11.8. The summed E-state index contributed by atoms with van der Waals surface area (Å²) >= 11 is 0. The first-order valence-corrected chi connectivity index (χ1v) is 6.63. The molecule has 0 spiro atoms. The van der Waals surface area contributed by atoms with Gasteiger partial charge in [-0.1, -0.05) is 0 Å². The fraction of sp³-hybridized carbons (Fsp3) is 0.538. The van der Waals surface area contributed by atoms with Crippen LogP contribution >= 0.6 is 0 Å². The van der Waals surface area contributed by atoms with E-state index < -0.39 is 17.8 Å². The molecular weight excluding hydrogens is 260 g/mol. The van der Waals surface area contributed by atoms with Crippen molar-refractivity contribution < 1.29 is 14.7 Å². The van der Waals surface area contributed by atoms with Crippen LogP contribution in [-0.4, -0.2) is 46.1 Å². The van der Waals surface area contributed by atoms with E-state index in [2.05, 4.69) is 15.3 Å². The first-order chi connectivity index (χ1) is 9.58.